The van der Waals surface area contributed by atoms with E-state index in [2.05, 4.69) is 0 Å². The van der Waals surface area contributed by atoms with E-state index in [1.165, 1.54) is 6.07 Å². The molecule has 0 fully saturated rings. The van der Waals surface area contributed by atoms with Gasteiger partial charge in [-0.15, -0.1) is 0 Å². The van der Waals surface area contributed by atoms with E-state index in [9.17, 15) is 14.3 Å². The summed E-state index contributed by atoms with van der Waals surface area (Å²) in [6.07, 6.45) is 0. The SMILES string of the molecule is Cc1cc(C)c(C(=O)c2ccccc2[P+](=O)O)c(C)c1. The first-order chi connectivity index (χ1) is 9.41. The molecule has 0 spiro atoms. The second-order valence-electron chi connectivity index (χ2n) is 4.89. The van der Waals surface area contributed by atoms with Gasteiger partial charge in [-0.05, 0) is 48.6 Å². The fourth-order valence-electron chi connectivity index (χ4n) is 2.51. The third-order valence-corrected chi connectivity index (χ3v) is 4.06. The quantitative estimate of drug-likeness (QED) is 0.696. The van der Waals surface area contributed by atoms with Crippen LogP contribution in [0.5, 0.6) is 0 Å². The van der Waals surface area contributed by atoms with Crippen molar-refractivity contribution in [2.45, 2.75) is 20.8 Å². The zero-order valence-electron chi connectivity index (χ0n) is 11.7. The van der Waals surface area contributed by atoms with Gasteiger partial charge in [-0.3, -0.25) is 4.79 Å². The second-order valence-corrected chi connectivity index (χ2v) is 5.92. The highest BCUT2D eigenvalue weighted by Gasteiger charge is 2.27. The molecular weight excluding hydrogens is 271 g/mol. The molecule has 3 nitrogen and oxygen atoms in total. The van der Waals surface area contributed by atoms with Crippen LogP contribution in [0.15, 0.2) is 36.4 Å². The fraction of sp³-hybridized carbons (Fsp3) is 0.188. The highest BCUT2D eigenvalue weighted by Crippen LogP contribution is 2.23. The molecule has 0 aliphatic carbocycles. The number of hydrogen-bond donors (Lipinski definition) is 1. The molecule has 0 aromatic heterocycles. The number of carbonyl (C=O) groups excluding carboxylic acids is 1. The van der Waals surface area contributed by atoms with E-state index >= 15 is 0 Å². The van der Waals surface area contributed by atoms with E-state index in [1.54, 1.807) is 18.2 Å². The van der Waals surface area contributed by atoms with Crippen molar-refractivity contribution in [2.75, 3.05) is 0 Å². The predicted octanol–water partition coefficient (Wildman–Crippen LogP) is 3.20. The molecule has 0 amide bonds. The summed E-state index contributed by atoms with van der Waals surface area (Å²) in [5.74, 6) is -0.201. The lowest BCUT2D eigenvalue weighted by Gasteiger charge is -2.10. The standard InChI is InChI=1S/C16H15O3P/c1-10-8-11(2)15(12(3)9-10)16(17)13-6-4-5-7-14(13)20(18)19/h4-9H,1-3H3/p+1. The first-order valence-electron chi connectivity index (χ1n) is 6.29. The van der Waals surface area contributed by atoms with Gasteiger partial charge in [0, 0.05) is 5.56 Å². The Hall–Kier alpha value is -1.83. The average molecular weight is 287 g/mol. The highest BCUT2D eigenvalue weighted by atomic mass is 31.1. The van der Waals surface area contributed by atoms with Crippen LogP contribution in [0.25, 0.3) is 0 Å². The molecule has 0 heterocycles. The maximum absolute atomic E-state index is 12.7. The minimum atomic E-state index is -2.54. The molecule has 1 atom stereocenters. The lowest BCUT2D eigenvalue weighted by molar-refractivity contribution is 0.103. The molecule has 4 heteroatoms. The monoisotopic (exact) mass is 287 g/mol. The number of hydrogen-bond acceptors (Lipinski definition) is 2. The summed E-state index contributed by atoms with van der Waals surface area (Å²) < 4.78 is 11.4. The van der Waals surface area contributed by atoms with Gasteiger partial charge >= 0.3 is 8.03 Å². The van der Waals surface area contributed by atoms with Crippen LogP contribution in [0.3, 0.4) is 0 Å². The highest BCUT2D eigenvalue weighted by molar-refractivity contribution is 7.47. The Balaban J connectivity index is 2.61. The van der Waals surface area contributed by atoms with E-state index in [0.29, 0.717) is 11.1 Å². The summed E-state index contributed by atoms with van der Waals surface area (Å²) in [5, 5.41) is 0.187. The zero-order chi connectivity index (χ0) is 14.9. The summed E-state index contributed by atoms with van der Waals surface area (Å²) in [6, 6.07) is 10.4. The minimum absolute atomic E-state index is 0.187. The largest absolute Gasteiger partial charge is 0.546 e. The smallest absolute Gasteiger partial charge is 0.288 e. The van der Waals surface area contributed by atoms with Crippen LogP contribution in [0.1, 0.15) is 32.6 Å². The van der Waals surface area contributed by atoms with Crippen molar-refractivity contribution >= 4 is 19.1 Å². The Bertz CT molecular complexity index is 682. The number of benzene rings is 2. The van der Waals surface area contributed by atoms with Gasteiger partial charge in [0.2, 0.25) is 5.30 Å². The summed E-state index contributed by atoms with van der Waals surface area (Å²) in [5.41, 5.74) is 3.77. The van der Waals surface area contributed by atoms with E-state index in [-0.39, 0.29) is 11.1 Å². The maximum atomic E-state index is 12.7. The Morgan fingerprint density at radius 1 is 1.05 bits per heavy atom. The summed E-state index contributed by atoms with van der Waals surface area (Å²) >= 11 is 0. The molecular formula is C16H16O3P+. The van der Waals surface area contributed by atoms with Crippen molar-refractivity contribution < 1.29 is 14.3 Å². The van der Waals surface area contributed by atoms with Crippen LogP contribution in [0, 0.1) is 20.8 Å². The van der Waals surface area contributed by atoms with Gasteiger partial charge in [0.1, 0.15) is 0 Å². The first kappa shape index (κ1) is 14.6. The van der Waals surface area contributed by atoms with Crippen LogP contribution in [0.4, 0.5) is 0 Å². The van der Waals surface area contributed by atoms with Crippen molar-refractivity contribution in [3.05, 3.63) is 64.2 Å². The molecule has 2 aromatic rings. The van der Waals surface area contributed by atoms with Crippen molar-refractivity contribution in [1.29, 1.82) is 0 Å². The first-order valence-corrected chi connectivity index (χ1v) is 7.50. The Labute approximate surface area is 119 Å². The van der Waals surface area contributed by atoms with Crippen molar-refractivity contribution in [2.24, 2.45) is 0 Å². The van der Waals surface area contributed by atoms with Crippen LogP contribution in [-0.2, 0) is 4.57 Å². The summed E-state index contributed by atoms with van der Waals surface area (Å²) in [6.45, 7) is 5.75. The third kappa shape index (κ3) is 2.69. The molecule has 2 aromatic carbocycles. The molecule has 2 rings (SSSR count). The third-order valence-electron chi connectivity index (χ3n) is 3.26. The molecule has 20 heavy (non-hydrogen) atoms. The van der Waals surface area contributed by atoms with Gasteiger partial charge in [0.25, 0.3) is 0 Å². The minimum Gasteiger partial charge on any atom is -0.288 e. The lowest BCUT2D eigenvalue weighted by atomic mass is 9.93. The van der Waals surface area contributed by atoms with Crippen molar-refractivity contribution in [3.8, 4) is 0 Å². The van der Waals surface area contributed by atoms with E-state index in [4.69, 9.17) is 0 Å². The van der Waals surface area contributed by atoms with Crippen LogP contribution in [0.2, 0.25) is 0 Å². The normalized spacial score (nSPS) is 11.3. The van der Waals surface area contributed by atoms with Gasteiger partial charge in [0.15, 0.2) is 5.78 Å². The van der Waals surface area contributed by atoms with Gasteiger partial charge < -0.3 is 0 Å². The number of rotatable bonds is 3. The zero-order valence-corrected chi connectivity index (χ0v) is 12.6. The van der Waals surface area contributed by atoms with Gasteiger partial charge in [-0.1, -0.05) is 29.8 Å². The molecule has 0 aliphatic rings. The summed E-state index contributed by atoms with van der Waals surface area (Å²) in [7, 11) is -2.54. The Kier molecular flexibility index (Phi) is 4.12. The lowest BCUT2D eigenvalue weighted by Crippen LogP contribution is -2.15. The summed E-state index contributed by atoms with van der Waals surface area (Å²) in [4.78, 5) is 22.0. The molecule has 1 unspecified atom stereocenters. The maximum Gasteiger partial charge on any atom is 0.546 e. The number of carbonyl (C=O) groups is 1. The molecule has 0 radical (unpaired) electrons. The van der Waals surface area contributed by atoms with Crippen LogP contribution >= 0.6 is 8.03 Å². The van der Waals surface area contributed by atoms with Gasteiger partial charge in [-0.25, -0.2) is 0 Å². The fourth-order valence-corrected chi connectivity index (χ4v) is 3.10. The van der Waals surface area contributed by atoms with Gasteiger partial charge in [0.05, 0.1) is 5.56 Å². The average Bonchev–Trinajstić information content (AvgIpc) is 2.37. The topological polar surface area (TPSA) is 54.4 Å². The molecule has 0 saturated carbocycles. The molecule has 0 aliphatic heterocycles. The van der Waals surface area contributed by atoms with Crippen molar-refractivity contribution in [3.63, 3.8) is 0 Å². The molecule has 102 valence electrons. The van der Waals surface area contributed by atoms with Crippen LogP contribution < -0.4 is 5.30 Å². The van der Waals surface area contributed by atoms with Gasteiger partial charge in [-0.2, -0.15) is 4.89 Å². The van der Waals surface area contributed by atoms with E-state index < -0.39 is 8.03 Å². The molecule has 1 N–H and O–H groups in total. The predicted molar refractivity (Wildman–Crippen MR) is 80.0 cm³/mol. The second kappa shape index (κ2) is 5.66. The molecule has 0 saturated heterocycles. The van der Waals surface area contributed by atoms with Crippen LogP contribution in [-0.4, -0.2) is 10.7 Å². The Morgan fingerprint density at radius 3 is 2.15 bits per heavy atom. The molecule has 0 bridgehead atoms. The Morgan fingerprint density at radius 2 is 1.60 bits per heavy atom. The van der Waals surface area contributed by atoms with E-state index in [1.807, 2.05) is 32.9 Å². The van der Waals surface area contributed by atoms with Crippen molar-refractivity contribution in [1.82, 2.24) is 0 Å². The number of aryl methyl sites for hydroxylation is 3. The van der Waals surface area contributed by atoms with E-state index in [0.717, 1.165) is 16.7 Å². The number of ketones is 1.